The Morgan fingerprint density at radius 2 is 1.73 bits per heavy atom. The van der Waals surface area contributed by atoms with E-state index >= 15 is 0 Å². The third kappa shape index (κ3) is 4.62. The van der Waals surface area contributed by atoms with Gasteiger partial charge in [-0.2, -0.15) is 0 Å². The first-order valence-electron chi connectivity index (χ1n) is 10.8. The maximum absolute atomic E-state index is 12.5. The molecule has 2 saturated heterocycles. The first-order chi connectivity index (χ1) is 14.3. The summed E-state index contributed by atoms with van der Waals surface area (Å²) >= 11 is 6.16. The normalized spacial score (nSPS) is 18.9. The Kier molecular flexibility index (Phi) is 6.03. The van der Waals surface area contributed by atoms with Gasteiger partial charge < -0.3 is 10.2 Å². The van der Waals surface area contributed by atoms with E-state index in [1.54, 1.807) is 6.20 Å². The van der Waals surface area contributed by atoms with E-state index in [-0.39, 0.29) is 17.5 Å². The summed E-state index contributed by atoms with van der Waals surface area (Å²) in [6, 6.07) is 12.2. The van der Waals surface area contributed by atoms with Crippen molar-refractivity contribution in [1.82, 2.24) is 14.8 Å². The van der Waals surface area contributed by atoms with Gasteiger partial charge >= 0.3 is 6.03 Å². The van der Waals surface area contributed by atoms with Gasteiger partial charge in [0.15, 0.2) is 0 Å². The van der Waals surface area contributed by atoms with Gasteiger partial charge in [0, 0.05) is 36.4 Å². The van der Waals surface area contributed by atoms with Crippen LogP contribution in [0.5, 0.6) is 0 Å². The average molecular weight is 427 g/mol. The second-order valence-corrected chi connectivity index (χ2v) is 9.83. The number of rotatable bonds is 3. The molecule has 4 rings (SSSR count). The highest BCUT2D eigenvalue weighted by Gasteiger charge is 2.33. The minimum atomic E-state index is -0.0579. The Hall–Kier alpha value is -2.11. The molecule has 0 unspecified atom stereocenters. The van der Waals surface area contributed by atoms with E-state index in [4.69, 9.17) is 11.6 Å². The monoisotopic (exact) mass is 426 g/mol. The highest BCUT2D eigenvalue weighted by molar-refractivity contribution is 6.30. The van der Waals surface area contributed by atoms with Gasteiger partial charge in [-0.05, 0) is 81.9 Å². The van der Waals surface area contributed by atoms with Crippen LogP contribution in [0.3, 0.4) is 0 Å². The number of urea groups is 1. The third-order valence-corrected chi connectivity index (χ3v) is 6.79. The number of amides is 2. The summed E-state index contributed by atoms with van der Waals surface area (Å²) in [6.07, 6.45) is 4.07. The second kappa shape index (κ2) is 8.56. The molecule has 2 fully saturated rings. The summed E-state index contributed by atoms with van der Waals surface area (Å²) in [5.41, 5.74) is 3.48. The van der Waals surface area contributed by atoms with Crippen LogP contribution >= 0.6 is 11.6 Å². The van der Waals surface area contributed by atoms with Crippen molar-refractivity contribution < 1.29 is 4.79 Å². The average Bonchev–Trinajstić information content (AvgIpc) is 2.68. The zero-order valence-corrected chi connectivity index (χ0v) is 18.8. The quantitative estimate of drug-likeness (QED) is 0.673. The Bertz CT molecular complexity index is 879. The van der Waals surface area contributed by atoms with Crippen LogP contribution in [-0.4, -0.2) is 52.5 Å². The smallest absolute Gasteiger partial charge is 0.321 e. The van der Waals surface area contributed by atoms with E-state index in [0.29, 0.717) is 24.2 Å². The van der Waals surface area contributed by atoms with E-state index in [0.717, 1.165) is 24.3 Å². The summed E-state index contributed by atoms with van der Waals surface area (Å²) in [6.45, 7) is 10.5. The second-order valence-electron chi connectivity index (χ2n) is 9.47. The highest BCUT2D eigenvalue weighted by atomic mass is 35.5. The predicted molar refractivity (Wildman–Crippen MR) is 122 cm³/mol. The number of piperidine rings is 1. The van der Waals surface area contributed by atoms with Crippen LogP contribution in [0.4, 0.5) is 10.5 Å². The number of carbonyl (C=O) groups is 1. The molecule has 2 amide bonds. The number of anilines is 1. The third-order valence-electron chi connectivity index (χ3n) is 6.47. The van der Waals surface area contributed by atoms with Crippen molar-refractivity contribution in [3.05, 3.63) is 58.9 Å². The number of halogens is 1. The first kappa shape index (κ1) is 21.1. The maximum Gasteiger partial charge on any atom is 0.321 e. The molecule has 0 atom stereocenters. The number of pyridine rings is 1. The number of hydrogen-bond acceptors (Lipinski definition) is 3. The van der Waals surface area contributed by atoms with E-state index in [1.165, 1.54) is 18.4 Å². The van der Waals surface area contributed by atoms with Crippen molar-refractivity contribution in [2.24, 2.45) is 0 Å². The summed E-state index contributed by atoms with van der Waals surface area (Å²) in [7, 11) is 0. The Morgan fingerprint density at radius 3 is 2.33 bits per heavy atom. The molecule has 2 aliphatic rings. The fourth-order valence-corrected chi connectivity index (χ4v) is 4.74. The van der Waals surface area contributed by atoms with Crippen LogP contribution in [-0.2, 0) is 0 Å². The van der Waals surface area contributed by atoms with Gasteiger partial charge in [0.25, 0.3) is 0 Å². The van der Waals surface area contributed by atoms with Crippen molar-refractivity contribution in [3.8, 4) is 0 Å². The lowest BCUT2D eigenvalue weighted by molar-refractivity contribution is 0.102. The van der Waals surface area contributed by atoms with Crippen LogP contribution in [0, 0.1) is 0 Å². The number of hydrogen-bond donors (Lipinski definition) is 1. The minimum Gasteiger partial charge on any atom is -0.323 e. The highest BCUT2D eigenvalue weighted by Crippen LogP contribution is 2.33. The SMILES string of the molecule is CC(C)(C)N1CCC(c2ccc(NC(=O)N3CC(c4cccnc4Cl)C3)cc2)CC1. The van der Waals surface area contributed by atoms with Crippen LogP contribution < -0.4 is 5.32 Å². The van der Waals surface area contributed by atoms with Gasteiger partial charge in [-0.15, -0.1) is 0 Å². The van der Waals surface area contributed by atoms with Gasteiger partial charge in [0.05, 0.1) is 0 Å². The van der Waals surface area contributed by atoms with Gasteiger partial charge in [-0.3, -0.25) is 4.90 Å². The summed E-state index contributed by atoms with van der Waals surface area (Å²) in [5.74, 6) is 0.868. The van der Waals surface area contributed by atoms with E-state index in [1.807, 2.05) is 29.2 Å². The first-order valence-corrected chi connectivity index (χ1v) is 11.2. The zero-order valence-electron chi connectivity index (χ0n) is 18.1. The molecule has 1 aromatic carbocycles. The number of aromatic nitrogens is 1. The molecule has 6 heteroatoms. The van der Waals surface area contributed by atoms with Gasteiger partial charge in [0.2, 0.25) is 0 Å². The van der Waals surface area contributed by atoms with E-state index in [9.17, 15) is 4.79 Å². The molecule has 160 valence electrons. The summed E-state index contributed by atoms with van der Waals surface area (Å²) < 4.78 is 0. The molecule has 0 aliphatic carbocycles. The molecule has 1 aromatic heterocycles. The molecule has 0 radical (unpaired) electrons. The molecular weight excluding hydrogens is 396 g/mol. The van der Waals surface area contributed by atoms with Crippen molar-refractivity contribution in [2.75, 3.05) is 31.5 Å². The van der Waals surface area contributed by atoms with Crippen molar-refractivity contribution in [1.29, 1.82) is 0 Å². The number of carbonyl (C=O) groups excluding carboxylic acids is 1. The fourth-order valence-electron chi connectivity index (χ4n) is 4.47. The number of nitrogens with one attached hydrogen (secondary N) is 1. The van der Waals surface area contributed by atoms with E-state index < -0.39 is 0 Å². The number of benzene rings is 1. The molecule has 0 bridgehead atoms. The lowest BCUT2D eigenvalue weighted by Crippen LogP contribution is -2.50. The molecule has 1 N–H and O–H groups in total. The van der Waals surface area contributed by atoms with Crippen molar-refractivity contribution >= 4 is 23.3 Å². The van der Waals surface area contributed by atoms with Gasteiger partial charge in [-0.1, -0.05) is 29.8 Å². The molecule has 0 saturated carbocycles. The Balaban J connectivity index is 1.27. The molecule has 3 heterocycles. The lowest BCUT2D eigenvalue weighted by Gasteiger charge is -2.41. The van der Waals surface area contributed by atoms with Crippen LogP contribution in [0.15, 0.2) is 42.6 Å². The number of nitrogens with zero attached hydrogens (tertiary/aromatic N) is 3. The number of likely N-dealkylation sites (tertiary alicyclic amines) is 2. The Labute approximate surface area is 184 Å². The molecule has 0 spiro atoms. The van der Waals surface area contributed by atoms with Crippen LogP contribution in [0.1, 0.15) is 56.6 Å². The predicted octanol–water partition coefficient (Wildman–Crippen LogP) is 5.34. The van der Waals surface area contributed by atoms with Crippen molar-refractivity contribution in [2.45, 2.75) is 51.0 Å². The lowest BCUT2D eigenvalue weighted by atomic mass is 9.87. The van der Waals surface area contributed by atoms with Crippen LogP contribution in [0.2, 0.25) is 5.15 Å². The molecule has 5 nitrogen and oxygen atoms in total. The summed E-state index contributed by atoms with van der Waals surface area (Å²) in [5, 5.41) is 3.55. The van der Waals surface area contributed by atoms with Gasteiger partial charge in [-0.25, -0.2) is 9.78 Å². The standard InChI is InChI=1S/C24H31ClN4O/c1-24(2,3)29-13-10-18(11-14-29)17-6-8-20(9-7-17)27-23(30)28-15-19(16-28)21-5-4-12-26-22(21)25/h4-9,12,18-19H,10-11,13-16H2,1-3H3,(H,27,30). The molecular formula is C24H31ClN4O. The molecule has 2 aromatic rings. The largest absolute Gasteiger partial charge is 0.323 e. The Morgan fingerprint density at radius 1 is 1.07 bits per heavy atom. The van der Waals surface area contributed by atoms with Gasteiger partial charge in [0.1, 0.15) is 5.15 Å². The maximum atomic E-state index is 12.5. The van der Waals surface area contributed by atoms with E-state index in [2.05, 4.69) is 48.1 Å². The van der Waals surface area contributed by atoms with Crippen LogP contribution in [0.25, 0.3) is 0 Å². The van der Waals surface area contributed by atoms with Crippen molar-refractivity contribution in [3.63, 3.8) is 0 Å². The molecule has 2 aliphatic heterocycles. The summed E-state index contributed by atoms with van der Waals surface area (Å²) in [4.78, 5) is 21.0. The topological polar surface area (TPSA) is 48.5 Å². The molecule has 30 heavy (non-hydrogen) atoms. The fraction of sp³-hybridized carbons (Fsp3) is 0.500. The zero-order chi connectivity index (χ0) is 21.3. The minimum absolute atomic E-state index is 0.0579.